The Labute approximate surface area is 335 Å². The highest BCUT2D eigenvalue weighted by Crippen LogP contribution is 2.39. The third-order valence-corrected chi connectivity index (χ3v) is 10.7. The minimum atomic E-state index is -0.555. The number of para-hydroxylation sites is 2. The lowest BCUT2D eigenvalue weighted by molar-refractivity contribution is -0.253. The summed E-state index contributed by atoms with van der Waals surface area (Å²) in [6.07, 6.45) is 0.907. The maximum atomic E-state index is 12.7. The van der Waals surface area contributed by atoms with Gasteiger partial charge in [0.25, 0.3) is 0 Å². The molecule has 2 saturated heterocycles. The highest BCUT2D eigenvalue weighted by Gasteiger charge is 2.34. The summed E-state index contributed by atoms with van der Waals surface area (Å²) in [5.41, 5.74) is 14.3. The zero-order valence-corrected chi connectivity index (χ0v) is 32.4. The molecule has 0 bridgehead atoms. The Bertz CT molecular complexity index is 2070. The second-order valence-electron chi connectivity index (χ2n) is 15.0. The lowest BCUT2D eigenvalue weighted by Gasteiger charge is -2.41. The minimum Gasteiger partial charge on any atom is -0.397 e. The smallest absolute Gasteiger partial charge is 0.224 e. The van der Waals surface area contributed by atoms with Gasteiger partial charge >= 0.3 is 0 Å². The number of benzene rings is 5. The van der Waals surface area contributed by atoms with Gasteiger partial charge in [-0.05, 0) is 64.1 Å². The van der Waals surface area contributed by atoms with E-state index in [2.05, 4.69) is 93.2 Å². The number of nitrogens with zero attached hydrogens (tertiary/aromatic N) is 2. The number of carbonyl (C=O) groups is 2. The Morgan fingerprint density at radius 1 is 0.684 bits per heavy atom. The van der Waals surface area contributed by atoms with E-state index in [9.17, 15) is 14.7 Å². The van der Waals surface area contributed by atoms with Gasteiger partial charge in [0.05, 0.1) is 30.2 Å². The van der Waals surface area contributed by atoms with Crippen molar-refractivity contribution in [2.75, 3.05) is 43.8 Å². The third kappa shape index (κ3) is 11.4. The second-order valence-corrected chi connectivity index (χ2v) is 15.0. The third-order valence-electron chi connectivity index (χ3n) is 10.7. The number of hydrogen-bond donors (Lipinski definition) is 4. The van der Waals surface area contributed by atoms with Crippen LogP contribution in [-0.4, -0.2) is 65.5 Å². The minimum absolute atomic E-state index is 0.00296. The van der Waals surface area contributed by atoms with E-state index >= 15 is 0 Å². The number of nitrogen functional groups attached to an aromatic ring is 1. The number of hydrogen-bond acceptors (Lipinski definition) is 8. The predicted molar refractivity (Wildman–Crippen MR) is 224 cm³/mol. The summed E-state index contributed by atoms with van der Waals surface area (Å²) in [6.45, 7) is 6.19. The van der Waals surface area contributed by atoms with Crippen LogP contribution in [0.25, 0.3) is 11.1 Å². The van der Waals surface area contributed by atoms with Gasteiger partial charge in [0.2, 0.25) is 11.8 Å². The lowest BCUT2D eigenvalue weighted by atomic mass is 9.98. The first-order valence-electron chi connectivity index (χ1n) is 20.0. The predicted octanol–water partition coefficient (Wildman–Crippen LogP) is 7.22. The van der Waals surface area contributed by atoms with Gasteiger partial charge < -0.3 is 30.9 Å². The highest BCUT2D eigenvalue weighted by atomic mass is 16.7. The molecule has 2 aliphatic rings. The largest absolute Gasteiger partial charge is 0.397 e. The van der Waals surface area contributed by atoms with Crippen molar-refractivity contribution in [2.24, 2.45) is 0 Å². The van der Waals surface area contributed by atoms with E-state index in [4.69, 9.17) is 15.2 Å². The van der Waals surface area contributed by atoms with Crippen molar-refractivity contribution in [3.05, 3.63) is 155 Å². The number of carbonyl (C=O) groups excluding carboxylic acids is 2. The molecule has 57 heavy (non-hydrogen) atoms. The van der Waals surface area contributed by atoms with Crippen LogP contribution in [0.15, 0.2) is 127 Å². The second kappa shape index (κ2) is 19.7. The molecular formula is C47H53N5O5. The van der Waals surface area contributed by atoms with Crippen molar-refractivity contribution < 1.29 is 24.2 Å². The van der Waals surface area contributed by atoms with Crippen molar-refractivity contribution in [1.82, 2.24) is 15.1 Å². The summed E-state index contributed by atoms with van der Waals surface area (Å²) in [6, 6.07) is 42.3. The van der Waals surface area contributed by atoms with Crippen LogP contribution < -0.4 is 16.4 Å². The number of aliphatic hydroxyl groups is 1. The van der Waals surface area contributed by atoms with Crippen LogP contribution in [0.4, 0.5) is 11.4 Å². The van der Waals surface area contributed by atoms with Gasteiger partial charge in [0.15, 0.2) is 6.29 Å². The SMILES string of the molecule is Nc1ccccc1NC(=O)CCCC(=O)NCc1cccc(-c2cccc([C@H]3O[C@@H](CN4CCN(Cc5ccccc5)CC4)C[C@@H](c4ccc(CO)cc4)O3)c2)c1. The molecule has 5 aromatic carbocycles. The van der Waals surface area contributed by atoms with Crippen molar-refractivity contribution in [3.8, 4) is 11.1 Å². The molecule has 0 radical (unpaired) electrons. The molecule has 3 atom stereocenters. The number of rotatable bonds is 15. The van der Waals surface area contributed by atoms with E-state index in [0.717, 1.165) is 79.1 Å². The molecule has 5 aromatic rings. The highest BCUT2D eigenvalue weighted by molar-refractivity contribution is 5.94. The topological polar surface area (TPSA) is 129 Å². The van der Waals surface area contributed by atoms with Crippen LogP contribution in [0.3, 0.4) is 0 Å². The standard InChI is InChI=1S/C47H53N5O5/c48-42-15-4-5-16-43(42)50-46(55)18-8-17-45(54)49-30-36-11-6-12-38(27-36)39-13-7-14-40(28-39)47-56-41(29-44(57-47)37-21-19-35(33-53)20-22-37)32-52-25-23-51(24-26-52)31-34-9-2-1-3-10-34/h1-7,9-16,19-22,27-28,41,44,47,53H,8,17-18,23-26,29-33,48H2,(H,49,54)(H,50,55)/t41-,44+,47+/m1/s1. The summed E-state index contributed by atoms with van der Waals surface area (Å²) >= 11 is 0. The maximum absolute atomic E-state index is 12.7. The van der Waals surface area contributed by atoms with E-state index in [1.165, 1.54) is 5.56 Å². The van der Waals surface area contributed by atoms with Gasteiger partial charge in [-0.25, -0.2) is 0 Å². The summed E-state index contributed by atoms with van der Waals surface area (Å²) in [5.74, 6) is -0.277. The average Bonchev–Trinajstić information content (AvgIpc) is 3.25. The molecule has 2 amide bonds. The van der Waals surface area contributed by atoms with Gasteiger partial charge in [-0.15, -0.1) is 0 Å². The molecule has 2 aliphatic heterocycles. The number of piperazine rings is 1. The molecule has 296 valence electrons. The molecule has 10 nitrogen and oxygen atoms in total. The average molecular weight is 768 g/mol. The molecule has 0 aromatic heterocycles. The van der Waals surface area contributed by atoms with Gasteiger partial charge in [0.1, 0.15) is 0 Å². The summed E-state index contributed by atoms with van der Waals surface area (Å²) in [5, 5.41) is 15.5. The first-order chi connectivity index (χ1) is 27.9. The number of aliphatic hydroxyl groups excluding tert-OH is 1. The van der Waals surface area contributed by atoms with E-state index in [-0.39, 0.29) is 43.5 Å². The Morgan fingerprint density at radius 2 is 1.37 bits per heavy atom. The fourth-order valence-corrected chi connectivity index (χ4v) is 7.54. The van der Waals surface area contributed by atoms with Crippen LogP contribution in [0.5, 0.6) is 0 Å². The van der Waals surface area contributed by atoms with E-state index in [1.54, 1.807) is 12.1 Å². The van der Waals surface area contributed by atoms with E-state index < -0.39 is 6.29 Å². The molecule has 10 heteroatoms. The van der Waals surface area contributed by atoms with Gasteiger partial charge in [-0.1, -0.05) is 103 Å². The van der Waals surface area contributed by atoms with Crippen molar-refractivity contribution in [3.63, 3.8) is 0 Å². The van der Waals surface area contributed by atoms with Gasteiger partial charge in [-0.2, -0.15) is 0 Å². The van der Waals surface area contributed by atoms with Crippen molar-refractivity contribution >= 4 is 23.2 Å². The summed E-state index contributed by atoms with van der Waals surface area (Å²) in [4.78, 5) is 30.1. The fraction of sp³-hybridized carbons (Fsp3) is 0.319. The first kappa shape index (κ1) is 39.9. The molecule has 0 spiro atoms. The molecular weight excluding hydrogens is 715 g/mol. The van der Waals surface area contributed by atoms with Crippen LogP contribution in [-0.2, 0) is 38.8 Å². The zero-order chi connectivity index (χ0) is 39.4. The molecule has 0 aliphatic carbocycles. The summed E-state index contributed by atoms with van der Waals surface area (Å²) < 4.78 is 13.5. The number of amides is 2. The van der Waals surface area contributed by atoms with Crippen LogP contribution >= 0.6 is 0 Å². The molecule has 2 fully saturated rings. The van der Waals surface area contributed by atoms with Gasteiger partial charge in [0, 0.05) is 70.6 Å². The number of nitrogens with two attached hydrogens (primary N) is 1. The number of ether oxygens (including phenoxy) is 2. The quantitative estimate of drug-likeness (QED) is 0.0823. The van der Waals surface area contributed by atoms with Crippen molar-refractivity contribution in [2.45, 2.75) is 63.9 Å². The fourth-order valence-electron chi connectivity index (χ4n) is 7.54. The molecule has 5 N–H and O–H groups in total. The normalized spacial score (nSPS) is 18.9. The Hall–Kier alpha value is -5.36. The molecule has 7 rings (SSSR count). The lowest BCUT2D eigenvalue weighted by Crippen LogP contribution is -2.49. The van der Waals surface area contributed by atoms with Crippen LogP contribution in [0, 0.1) is 0 Å². The van der Waals surface area contributed by atoms with E-state index in [1.807, 2.05) is 42.5 Å². The Morgan fingerprint density at radius 3 is 2.14 bits per heavy atom. The Kier molecular flexibility index (Phi) is 13.8. The van der Waals surface area contributed by atoms with E-state index in [0.29, 0.717) is 24.3 Å². The van der Waals surface area contributed by atoms with Crippen LogP contribution in [0.2, 0.25) is 0 Å². The molecule has 0 saturated carbocycles. The monoisotopic (exact) mass is 767 g/mol. The van der Waals surface area contributed by atoms with Crippen molar-refractivity contribution in [1.29, 1.82) is 0 Å². The molecule has 0 unspecified atom stereocenters. The number of anilines is 2. The zero-order valence-electron chi connectivity index (χ0n) is 32.4. The maximum Gasteiger partial charge on any atom is 0.224 e. The molecule has 2 heterocycles. The van der Waals surface area contributed by atoms with Crippen LogP contribution in [0.1, 0.15) is 65.9 Å². The Balaban J connectivity index is 0.961. The number of nitrogens with one attached hydrogen (secondary N) is 2. The van der Waals surface area contributed by atoms with Gasteiger partial charge in [-0.3, -0.25) is 19.4 Å². The first-order valence-corrected chi connectivity index (χ1v) is 20.0. The summed E-state index contributed by atoms with van der Waals surface area (Å²) in [7, 11) is 0.